The quantitative estimate of drug-likeness (QED) is 0.654. The van der Waals surface area contributed by atoms with Gasteiger partial charge in [0.2, 0.25) is 0 Å². The summed E-state index contributed by atoms with van der Waals surface area (Å²) in [5, 5.41) is 14.7. The number of rotatable bonds is 5. The molecule has 0 unspecified atom stereocenters. The van der Waals surface area contributed by atoms with Gasteiger partial charge in [-0.25, -0.2) is 9.18 Å². The number of aliphatic hydroxyl groups excluding tert-OH is 1. The summed E-state index contributed by atoms with van der Waals surface area (Å²) in [6, 6.07) is 4.28. The van der Waals surface area contributed by atoms with Gasteiger partial charge in [-0.2, -0.15) is 0 Å². The van der Waals surface area contributed by atoms with E-state index in [0.717, 1.165) is 16.5 Å². The summed E-state index contributed by atoms with van der Waals surface area (Å²) < 4.78 is 13.0. The fourth-order valence-corrected chi connectivity index (χ4v) is 1.91. The maximum Gasteiger partial charge on any atom is 0.314 e. The van der Waals surface area contributed by atoms with Gasteiger partial charge in [0.05, 0.1) is 6.61 Å². The van der Waals surface area contributed by atoms with Gasteiger partial charge in [-0.05, 0) is 30.2 Å². The van der Waals surface area contributed by atoms with Crippen molar-refractivity contribution in [3.63, 3.8) is 0 Å². The molecule has 0 atom stereocenters. The Hall–Kier alpha value is -2.08. The molecule has 0 aliphatic rings. The topological polar surface area (TPSA) is 77.2 Å². The minimum atomic E-state index is -0.306. The van der Waals surface area contributed by atoms with E-state index in [-0.39, 0.29) is 25.0 Å². The zero-order chi connectivity index (χ0) is 13.7. The van der Waals surface area contributed by atoms with Crippen molar-refractivity contribution in [2.24, 2.45) is 0 Å². The van der Waals surface area contributed by atoms with Crippen molar-refractivity contribution in [3.8, 4) is 0 Å². The van der Waals surface area contributed by atoms with Gasteiger partial charge in [0.25, 0.3) is 0 Å². The number of hydrogen-bond donors (Lipinski definition) is 4. The van der Waals surface area contributed by atoms with Crippen LogP contribution in [0.15, 0.2) is 24.4 Å². The van der Waals surface area contributed by atoms with Crippen molar-refractivity contribution >= 4 is 16.9 Å². The van der Waals surface area contributed by atoms with Crippen molar-refractivity contribution in [3.05, 3.63) is 35.8 Å². The second-order valence-electron chi connectivity index (χ2n) is 4.16. The lowest BCUT2D eigenvalue weighted by Gasteiger charge is -2.05. The van der Waals surface area contributed by atoms with E-state index in [1.54, 1.807) is 6.07 Å². The van der Waals surface area contributed by atoms with Crippen LogP contribution in [0.5, 0.6) is 0 Å². The fourth-order valence-electron chi connectivity index (χ4n) is 1.91. The molecule has 0 fully saturated rings. The van der Waals surface area contributed by atoms with Crippen LogP contribution in [0, 0.1) is 5.82 Å². The third-order valence-corrected chi connectivity index (χ3v) is 2.81. The van der Waals surface area contributed by atoms with Gasteiger partial charge in [0.15, 0.2) is 0 Å². The molecule has 5 nitrogen and oxygen atoms in total. The van der Waals surface area contributed by atoms with Crippen molar-refractivity contribution in [2.75, 3.05) is 19.7 Å². The largest absolute Gasteiger partial charge is 0.395 e. The molecule has 2 aromatic rings. The molecule has 19 heavy (non-hydrogen) atoms. The molecular weight excluding hydrogens is 249 g/mol. The van der Waals surface area contributed by atoms with E-state index in [2.05, 4.69) is 15.6 Å². The highest BCUT2D eigenvalue weighted by Gasteiger charge is 2.05. The van der Waals surface area contributed by atoms with Gasteiger partial charge in [-0.3, -0.25) is 0 Å². The summed E-state index contributed by atoms with van der Waals surface area (Å²) in [5.74, 6) is -0.276. The number of aromatic amines is 1. The molecule has 1 aromatic carbocycles. The number of carbonyl (C=O) groups excluding carboxylic acids is 1. The zero-order valence-electron chi connectivity index (χ0n) is 10.4. The summed E-state index contributed by atoms with van der Waals surface area (Å²) in [7, 11) is 0. The highest BCUT2D eigenvalue weighted by molar-refractivity contribution is 5.83. The monoisotopic (exact) mass is 265 g/mol. The predicted octanol–water partition coefficient (Wildman–Crippen LogP) is 1.14. The van der Waals surface area contributed by atoms with E-state index < -0.39 is 0 Å². The number of nitrogens with one attached hydrogen (secondary N) is 3. The van der Waals surface area contributed by atoms with Crippen LogP contribution >= 0.6 is 0 Å². The Labute approximate surface area is 109 Å². The Morgan fingerprint density at radius 2 is 2.11 bits per heavy atom. The summed E-state index contributed by atoms with van der Waals surface area (Å²) in [6.45, 7) is 0.626. The first kappa shape index (κ1) is 13.4. The highest BCUT2D eigenvalue weighted by Crippen LogP contribution is 2.19. The number of hydrogen-bond acceptors (Lipinski definition) is 2. The van der Waals surface area contributed by atoms with Crippen LogP contribution in [0.25, 0.3) is 10.9 Å². The molecule has 102 valence electrons. The maximum atomic E-state index is 13.0. The van der Waals surface area contributed by atoms with Crippen LogP contribution < -0.4 is 10.6 Å². The molecular formula is C13H16FN3O2. The van der Waals surface area contributed by atoms with E-state index in [1.165, 1.54) is 12.1 Å². The molecule has 0 radical (unpaired) electrons. The molecule has 2 amide bonds. The molecule has 0 bridgehead atoms. The first-order valence-electron chi connectivity index (χ1n) is 6.09. The number of amides is 2. The Bertz CT molecular complexity index is 568. The first-order chi connectivity index (χ1) is 9.20. The van der Waals surface area contributed by atoms with Crippen LogP contribution in [0.4, 0.5) is 9.18 Å². The zero-order valence-corrected chi connectivity index (χ0v) is 10.4. The Balaban J connectivity index is 1.90. The van der Waals surface area contributed by atoms with Gasteiger partial charge in [0.1, 0.15) is 5.82 Å². The van der Waals surface area contributed by atoms with Gasteiger partial charge < -0.3 is 20.7 Å². The smallest absolute Gasteiger partial charge is 0.314 e. The molecule has 0 saturated heterocycles. The number of aromatic nitrogens is 1. The predicted molar refractivity (Wildman–Crippen MR) is 70.4 cm³/mol. The highest BCUT2D eigenvalue weighted by atomic mass is 19.1. The van der Waals surface area contributed by atoms with Crippen molar-refractivity contribution in [1.29, 1.82) is 0 Å². The van der Waals surface area contributed by atoms with Crippen LogP contribution in [0.1, 0.15) is 5.56 Å². The third-order valence-electron chi connectivity index (χ3n) is 2.81. The molecule has 4 N–H and O–H groups in total. The fraction of sp³-hybridized carbons (Fsp3) is 0.308. The van der Waals surface area contributed by atoms with Gasteiger partial charge in [-0.1, -0.05) is 0 Å². The van der Waals surface area contributed by atoms with E-state index in [0.29, 0.717) is 13.0 Å². The normalized spacial score (nSPS) is 10.6. The van der Waals surface area contributed by atoms with Gasteiger partial charge in [-0.15, -0.1) is 0 Å². The third kappa shape index (κ3) is 3.45. The van der Waals surface area contributed by atoms with Gasteiger partial charge >= 0.3 is 6.03 Å². The Kier molecular flexibility index (Phi) is 4.35. The van der Waals surface area contributed by atoms with E-state index >= 15 is 0 Å². The number of carbonyl (C=O) groups is 1. The Morgan fingerprint density at radius 1 is 1.32 bits per heavy atom. The second kappa shape index (κ2) is 6.19. The summed E-state index contributed by atoms with van der Waals surface area (Å²) in [6.07, 6.45) is 2.47. The van der Waals surface area contributed by atoms with E-state index in [1.807, 2.05) is 6.20 Å². The van der Waals surface area contributed by atoms with Crippen molar-refractivity contribution in [1.82, 2.24) is 15.6 Å². The van der Waals surface area contributed by atoms with Crippen molar-refractivity contribution in [2.45, 2.75) is 6.42 Å². The summed E-state index contributed by atoms with van der Waals surface area (Å²) in [4.78, 5) is 14.2. The lowest BCUT2D eigenvalue weighted by Crippen LogP contribution is -2.37. The maximum absolute atomic E-state index is 13.0. The molecule has 0 spiro atoms. The average Bonchev–Trinajstić information content (AvgIpc) is 2.79. The molecule has 1 aromatic heterocycles. The van der Waals surface area contributed by atoms with Gasteiger partial charge in [0, 0.05) is 30.2 Å². The molecule has 0 saturated carbocycles. The SMILES string of the molecule is O=C(NCCO)NCCc1c[nH]c2cc(F)ccc12. The molecule has 0 aliphatic heterocycles. The molecule has 0 aliphatic carbocycles. The number of aliphatic hydroxyl groups is 1. The minimum absolute atomic E-state index is 0.0819. The summed E-state index contributed by atoms with van der Waals surface area (Å²) >= 11 is 0. The molecule has 6 heteroatoms. The van der Waals surface area contributed by atoms with Crippen molar-refractivity contribution < 1.29 is 14.3 Å². The minimum Gasteiger partial charge on any atom is -0.395 e. The molecule has 2 rings (SSSR count). The number of benzene rings is 1. The number of H-pyrrole nitrogens is 1. The van der Waals surface area contributed by atoms with Crippen LogP contribution in [-0.4, -0.2) is 35.8 Å². The lowest BCUT2D eigenvalue weighted by molar-refractivity contribution is 0.234. The summed E-state index contributed by atoms with van der Waals surface area (Å²) in [5.41, 5.74) is 1.78. The first-order valence-corrected chi connectivity index (χ1v) is 6.09. The number of fused-ring (bicyclic) bond motifs is 1. The second-order valence-corrected chi connectivity index (χ2v) is 4.16. The number of halogens is 1. The average molecular weight is 265 g/mol. The lowest BCUT2D eigenvalue weighted by atomic mass is 10.1. The van der Waals surface area contributed by atoms with Crippen LogP contribution in [-0.2, 0) is 6.42 Å². The standard InChI is InChI=1S/C13H16FN3O2/c14-10-1-2-11-9(8-17-12(11)7-10)3-4-15-13(19)16-5-6-18/h1-2,7-8,17-18H,3-6H2,(H2,15,16,19). The van der Waals surface area contributed by atoms with Crippen LogP contribution in [0.3, 0.4) is 0 Å². The Morgan fingerprint density at radius 3 is 2.89 bits per heavy atom. The van der Waals surface area contributed by atoms with Crippen LogP contribution in [0.2, 0.25) is 0 Å². The molecule has 1 heterocycles. The van der Waals surface area contributed by atoms with E-state index in [9.17, 15) is 9.18 Å². The van der Waals surface area contributed by atoms with E-state index in [4.69, 9.17) is 5.11 Å². The number of urea groups is 1.